The highest BCUT2D eigenvalue weighted by Gasteiger charge is 2.17. The molecule has 0 saturated carbocycles. The Bertz CT molecular complexity index is 1070. The maximum Gasteiger partial charge on any atom is 0.255 e. The van der Waals surface area contributed by atoms with Crippen LogP contribution in [0.25, 0.3) is 0 Å². The molecule has 33 heavy (non-hydrogen) atoms. The molecule has 3 rings (SSSR count). The van der Waals surface area contributed by atoms with Crippen molar-refractivity contribution in [1.82, 2.24) is 4.90 Å². The molecule has 0 bridgehead atoms. The number of hydrogen-bond donors (Lipinski definition) is 2. The van der Waals surface area contributed by atoms with Crippen molar-refractivity contribution in [1.29, 1.82) is 0 Å². The third kappa shape index (κ3) is 6.77. The summed E-state index contributed by atoms with van der Waals surface area (Å²) < 4.78 is 0. The summed E-state index contributed by atoms with van der Waals surface area (Å²) in [6.45, 7) is 7.97. The summed E-state index contributed by atoms with van der Waals surface area (Å²) in [4.78, 5) is 27.6. The summed E-state index contributed by atoms with van der Waals surface area (Å²) >= 11 is 0. The van der Waals surface area contributed by atoms with Crippen molar-refractivity contribution in [3.8, 4) is 0 Å². The van der Waals surface area contributed by atoms with E-state index in [0.717, 1.165) is 12.0 Å². The van der Waals surface area contributed by atoms with Gasteiger partial charge in [0.05, 0.1) is 0 Å². The van der Waals surface area contributed by atoms with Crippen molar-refractivity contribution in [2.75, 3.05) is 18.4 Å². The van der Waals surface area contributed by atoms with E-state index in [0.29, 0.717) is 36.4 Å². The predicted octanol–water partition coefficient (Wildman–Crippen LogP) is 5.23. The highest BCUT2D eigenvalue weighted by molar-refractivity contribution is 6.04. The number of carbonyl (C=O) groups excluding carboxylic acids is 2. The van der Waals surface area contributed by atoms with E-state index in [1.807, 2.05) is 78.9 Å². The van der Waals surface area contributed by atoms with Crippen LogP contribution in [0.4, 0.5) is 5.69 Å². The van der Waals surface area contributed by atoms with Crippen LogP contribution >= 0.6 is 0 Å². The summed E-state index contributed by atoms with van der Waals surface area (Å²) in [5.74, 6) is -0.189. The van der Waals surface area contributed by atoms with Gasteiger partial charge in [-0.25, -0.2) is 0 Å². The topological polar surface area (TPSA) is 75.4 Å². The molecule has 2 amide bonds. The highest BCUT2D eigenvalue weighted by Crippen LogP contribution is 2.23. The first kappa shape index (κ1) is 24.2. The molecule has 0 fully saturated rings. The van der Waals surface area contributed by atoms with Gasteiger partial charge in [0.15, 0.2) is 0 Å². The third-order valence-electron chi connectivity index (χ3n) is 5.51. The van der Waals surface area contributed by atoms with E-state index in [9.17, 15) is 9.59 Å². The van der Waals surface area contributed by atoms with Gasteiger partial charge in [0.25, 0.3) is 11.8 Å². The number of amides is 2. The molecule has 0 unspecified atom stereocenters. The van der Waals surface area contributed by atoms with E-state index in [1.165, 1.54) is 5.56 Å². The van der Waals surface area contributed by atoms with Gasteiger partial charge in [-0.3, -0.25) is 9.59 Å². The lowest BCUT2D eigenvalue weighted by molar-refractivity contribution is 0.0742. The number of anilines is 1. The van der Waals surface area contributed by atoms with Crippen LogP contribution in [0.5, 0.6) is 0 Å². The Hall–Kier alpha value is -3.44. The predicted molar refractivity (Wildman–Crippen MR) is 134 cm³/mol. The maximum absolute atomic E-state index is 13.0. The van der Waals surface area contributed by atoms with E-state index in [1.54, 1.807) is 4.90 Å². The molecule has 0 aromatic heterocycles. The highest BCUT2D eigenvalue weighted by atomic mass is 16.2. The van der Waals surface area contributed by atoms with Gasteiger partial charge >= 0.3 is 0 Å². The molecule has 3 aromatic rings. The van der Waals surface area contributed by atoms with Crippen molar-refractivity contribution in [2.24, 2.45) is 5.73 Å². The zero-order chi connectivity index (χ0) is 23.8. The van der Waals surface area contributed by atoms with Crippen LogP contribution in [0.1, 0.15) is 59.0 Å². The number of benzene rings is 3. The summed E-state index contributed by atoms with van der Waals surface area (Å²) in [5.41, 5.74) is 9.81. The van der Waals surface area contributed by atoms with Gasteiger partial charge in [0, 0.05) is 29.9 Å². The molecule has 0 aliphatic carbocycles. The maximum atomic E-state index is 13.0. The molecule has 0 atom stereocenters. The van der Waals surface area contributed by atoms with Gasteiger partial charge in [0.2, 0.25) is 0 Å². The Morgan fingerprint density at radius 1 is 0.879 bits per heavy atom. The van der Waals surface area contributed by atoms with Gasteiger partial charge in [-0.05, 0) is 65.9 Å². The van der Waals surface area contributed by atoms with Gasteiger partial charge in [-0.1, -0.05) is 63.2 Å². The Morgan fingerprint density at radius 2 is 1.58 bits per heavy atom. The zero-order valence-corrected chi connectivity index (χ0v) is 19.7. The van der Waals surface area contributed by atoms with Gasteiger partial charge < -0.3 is 16.0 Å². The average Bonchev–Trinajstić information content (AvgIpc) is 2.81. The Kier molecular flexibility index (Phi) is 8.01. The van der Waals surface area contributed by atoms with Crippen LogP contribution in [0, 0.1) is 0 Å². The van der Waals surface area contributed by atoms with Crippen LogP contribution < -0.4 is 11.1 Å². The third-order valence-corrected chi connectivity index (χ3v) is 5.51. The van der Waals surface area contributed by atoms with Crippen LogP contribution in [-0.4, -0.2) is 29.8 Å². The molecule has 3 aromatic carbocycles. The van der Waals surface area contributed by atoms with E-state index in [2.05, 4.69) is 26.1 Å². The minimum Gasteiger partial charge on any atom is -0.334 e. The molecular weight excluding hydrogens is 410 g/mol. The molecule has 0 aliphatic heterocycles. The average molecular weight is 444 g/mol. The number of nitrogens with zero attached hydrogens (tertiary/aromatic N) is 1. The molecule has 0 saturated heterocycles. The van der Waals surface area contributed by atoms with Gasteiger partial charge in [-0.15, -0.1) is 0 Å². The Balaban J connectivity index is 1.72. The normalized spacial score (nSPS) is 11.2. The molecule has 5 heteroatoms. The first-order chi connectivity index (χ1) is 15.8. The van der Waals surface area contributed by atoms with Crippen molar-refractivity contribution in [3.63, 3.8) is 0 Å². The van der Waals surface area contributed by atoms with Crippen molar-refractivity contribution in [3.05, 3.63) is 101 Å². The lowest BCUT2D eigenvalue weighted by Crippen LogP contribution is -2.32. The lowest BCUT2D eigenvalue weighted by Gasteiger charge is -2.23. The summed E-state index contributed by atoms with van der Waals surface area (Å²) in [6, 6.07) is 24.6. The Labute approximate surface area is 196 Å². The largest absolute Gasteiger partial charge is 0.334 e. The van der Waals surface area contributed by atoms with Crippen LogP contribution in [-0.2, 0) is 12.0 Å². The molecule has 0 aliphatic rings. The second-order valence-electron chi connectivity index (χ2n) is 9.22. The van der Waals surface area contributed by atoms with Gasteiger partial charge in [0.1, 0.15) is 0 Å². The molecule has 0 spiro atoms. The smallest absolute Gasteiger partial charge is 0.255 e. The molecule has 172 valence electrons. The number of nitrogens with one attached hydrogen (secondary N) is 1. The van der Waals surface area contributed by atoms with Gasteiger partial charge in [-0.2, -0.15) is 0 Å². The summed E-state index contributed by atoms with van der Waals surface area (Å²) in [7, 11) is 0. The summed E-state index contributed by atoms with van der Waals surface area (Å²) in [5, 5.41) is 2.97. The Morgan fingerprint density at radius 3 is 2.21 bits per heavy atom. The SMILES string of the molecule is CC(C)(C)c1ccc(C(=O)Nc2cccc(CN(CCCN)C(=O)c3ccccc3)c2)cc1. The van der Waals surface area contributed by atoms with E-state index >= 15 is 0 Å². The number of hydrogen-bond acceptors (Lipinski definition) is 3. The second-order valence-corrected chi connectivity index (χ2v) is 9.22. The lowest BCUT2D eigenvalue weighted by atomic mass is 9.87. The minimum absolute atomic E-state index is 0.0302. The summed E-state index contributed by atoms with van der Waals surface area (Å²) in [6.07, 6.45) is 0.722. The van der Waals surface area contributed by atoms with Crippen molar-refractivity contribution < 1.29 is 9.59 Å². The molecular formula is C28H33N3O2. The first-order valence-corrected chi connectivity index (χ1v) is 11.3. The number of nitrogens with two attached hydrogens (primary N) is 1. The van der Waals surface area contributed by atoms with Crippen molar-refractivity contribution >= 4 is 17.5 Å². The van der Waals surface area contributed by atoms with Crippen molar-refractivity contribution in [2.45, 2.75) is 39.2 Å². The zero-order valence-electron chi connectivity index (χ0n) is 19.7. The standard InChI is InChI=1S/C28H33N3O2/c1-28(2,3)24-15-13-22(14-16-24)26(32)30-25-12-7-9-21(19-25)20-31(18-8-17-29)27(33)23-10-5-4-6-11-23/h4-7,9-16,19H,8,17-18,20,29H2,1-3H3,(H,30,32). The number of rotatable bonds is 8. The number of carbonyl (C=O) groups is 2. The fourth-order valence-corrected chi connectivity index (χ4v) is 3.59. The van der Waals surface area contributed by atoms with Crippen LogP contribution in [0.2, 0.25) is 0 Å². The minimum atomic E-state index is -0.159. The van der Waals surface area contributed by atoms with Crippen LogP contribution in [0.15, 0.2) is 78.9 Å². The molecule has 0 radical (unpaired) electrons. The van der Waals surface area contributed by atoms with E-state index in [4.69, 9.17) is 5.73 Å². The van der Waals surface area contributed by atoms with E-state index < -0.39 is 0 Å². The molecule has 3 N–H and O–H groups in total. The first-order valence-electron chi connectivity index (χ1n) is 11.3. The fraction of sp³-hybridized carbons (Fsp3) is 0.286. The van der Waals surface area contributed by atoms with E-state index in [-0.39, 0.29) is 17.2 Å². The fourth-order valence-electron chi connectivity index (χ4n) is 3.59. The molecule has 0 heterocycles. The molecule has 5 nitrogen and oxygen atoms in total. The quantitative estimate of drug-likeness (QED) is 0.501. The van der Waals surface area contributed by atoms with Crippen LogP contribution in [0.3, 0.4) is 0 Å². The monoisotopic (exact) mass is 443 g/mol. The second kappa shape index (κ2) is 10.9.